The summed E-state index contributed by atoms with van der Waals surface area (Å²) in [6, 6.07) is 4.67. The molecule has 1 fully saturated rings. The molecule has 1 aromatic heterocycles. The molecule has 0 spiro atoms. The molecule has 134 valence electrons. The Balaban J connectivity index is 1.58. The van der Waals surface area contributed by atoms with Crippen LogP contribution < -0.4 is 5.32 Å². The maximum absolute atomic E-state index is 5.42. The average Bonchev–Trinajstić information content (AvgIpc) is 2.94. The number of nitrogens with zero attached hydrogens (tertiary/aromatic N) is 1. The lowest BCUT2D eigenvalue weighted by Gasteiger charge is -2.41. The van der Waals surface area contributed by atoms with Gasteiger partial charge in [-0.15, -0.1) is 11.3 Å². The topological polar surface area (TPSA) is 24.5 Å². The first-order valence-electron chi connectivity index (χ1n) is 9.23. The minimum atomic E-state index is 0.0670. The molecule has 2 aliphatic rings. The molecular weight excluding hydrogens is 316 g/mol. The zero-order valence-corrected chi connectivity index (χ0v) is 16.5. The molecule has 1 saturated heterocycles. The van der Waals surface area contributed by atoms with Gasteiger partial charge in [0.25, 0.3) is 0 Å². The van der Waals surface area contributed by atoms with Crippen molar-refractivity contribution in [2.45, 2.75) is 58.0 Å². The van der Waals surface area contributed by atoms with Gasteiger partial charge in [0.2, 0.25) is 0 Å². The minimum absolute atomic E-state index is 0.0670. The van der Waals surface area contributed by atoms with Crippen molar-refractivity contribution in [1.29, 1.82) is 0 Å². The Hall–Kier alpha value is -0.680. The van der Waals surface area contributed by atoms with Crippen LogP contribution in [0.25, 0.3) is 5.57 Å². The van der Waals surface area contributed by atoms with Gasteiger partial charge in [-0.3, -0.25) is 4.90 Å². The summed E-state index contributed by atoms with van der Waals surface area (Å²) < 4.78 is 5.42. The standard InChI is InChI=1S/C20H32N2OS/c1-19(2)14-16(15-20(3,4)21-19)18-8-7-17(24-18)6-5-9-22-10-12-23-13-11-22/h7-8,14,21H,5-6,9-13,15H2,1-4H3. The highest BCUT2D eigenvalue weighted by molar-refractivity contribution is 7.13. The Bertz CT molecular complexity index is 582. The van der Waals surface area contributed by atoms with E-state index in [1.807, 2.05) is 11.3 Å². The van der Waals surface area contributed by atoms with Crippen LogP contribution in [-0.4, -0.2) is 48.8 Å². The van der Waals surface area contributed by atoms with E-state index in [0.29, 0.717) is 0 Å². The molecule has 1 N–H and O–H groups in total. The van der Waals surface area contributed by atoms with Gasteiger partial charge in [-0.05, 0) is 71.2 Å². The number of ether oxygens (including phenoxy) is 1. The summed E-state index contributed by atoms with van der Waals surface area (Å²) in [5.41, 5.74) is 1.74. The van der Waals surface area contributed by atoms with E-state index >= 15 is 0 Å². The molecule has 3 nitrogen and oxygen atoms in total. The van der Waals surface area contributed by atoms with Crippen LogP contribution in [0.4, 0.5) is 0 Å². The van der Waals surface area contributed by atoms with E-state index < -0.39 is 0 Å². The summed E-state index contributed by atoms with van der Waals surface area (Å²) in [6.45, 7) is 14.3. The van der Waals surface area contributed by atoms with Gasteiger partial charge in [-0.2, -0.15) is 0 Å². The molecule has 0 atom stereocenters. The molecule has 0 unspecified atom stereocenters. The van der Waals surface area contributed by atoms with E-state index in [1.54, 1.807) is 0 Å². The molecule has 0 aromatic carbocycles. The Morgan fingerprint density at radius 1 is 1.17 bits per heavy atom. The molecule has 4 heteroatoms. The van der Waals surface area contributed by atoms with Gasteiger partial charge in [-0.1, -0.05) is 6.08 Å². The molecule has 0 amide bonds. The summed E-state index contributed by atoms with van der Waals surface area (Å²) in [5.74, 6) is 0. The van der Waals surface area contributed by atoms with Crippen molar-refractivity contribution in [2.24, 2.45) is 0 Å². The highest BCUT2D eigenvalue weighted by atomic mass is 32.1. The predicted octanol–water partition coefficient (Wildman–Crippen LogP) is 3.95. The summed E-state index contributed by atoms with van der Waals surface area (Å²) in [5, 5.41) is 3.72. The number of morpholine rings is 1. The molecule has 3 rings (SSSR count). The summed E-state index contributed by atoms with van der Waals surface area (Å²) in [6.07, 6.45) is 5.96. The lowest BCUT2D eigenvalue weighted by molar-refractivity contribution is 0.0375. The van der Waals surface area contributed by atoms with Gasteiger partial charge < -0.3 is 10.1 Å². The Labute approximate surface area is 151 Å². The fourth-order valence-electron chi connectivity index (χ4n) is 4.06. The second-order valence-electron chi connectivity index (χ2n) is 8.40. The highest BCUT2D eigenvalue weighted by Gasteiger charge is 2.32. The number of hydrogen-bond donors (Lipinski definition) is 1. The Morgan fingerprint density at radius 3 is 2.62 bits per heavy atom. The maximum atomic E-state index is 5.42. The molecular formula is C20H32N2OS. The van der Waals surface area contributed by atoms with E-state index in [1.165, 1.54) is 34.7 Å². The third kappa shape index (κ3) is 4.92. The van der Waals surface area contributed by atoms with Crippen molar-refractivity contribution < 1.29 is 4.74 Å². The largest absolute Gasteiger partial charge is 0.379 e. The van der Waals surface area contributed by atoms with Gasteiger partial charge in [-0.25, -0.2) is 0 Å². The number of rotatable bonds is 5. The van der Waals surface area contributed by atoms with Crippen LogP contribution in [0.2, 0.25) is 0 Å². The minimum Gasteiger partial charge on any atom is -0.379 e. The van der Waals surface area contributed by atoms with E-state index in [4.69, 9.17) is 4.74 Å². The molecule has 1 aromatic rings. The van der Waals surface area contributed by atoms with Crippen LogP contribution in [-0.2, 0) is 11.2 Å². The SMILES string of the molecule is CC1(C)C=C(c2ccc(CCCN3CCOCC3)s2)CC(C)(C)N1. The third-order valence-electron chi connectivity index (χ3n) is 4.81. The van der Waals surface area contributed by atoms with E-state index in [2.05, 4.69) is 56.1 Å². The van der Waals surface area contributed by atoms with Crippen molar-refractivity contribution in [3.8, 4) is 0 Å². The molecule has 0 bridgehead atoms. The molecule has 0 saturated carbocycles. The van der Waals surface area contributed by atoms with Crippen molar-refractivity contribution in [2.75, 3.05) is 32.8 Å². The average molecular weight is 349 g/mol. The molecule has 0 radical (unpaired) electrons. The van der Waals surface area contributed by atoms with E-state index in [9.17, 15) is 0 Å². The second-order valence-corrected chi connectivity index (χ2v) is 9.57. The quantitative estimate of drug-likeness (QED) is 0.872. The zero-order chi connectivity index (χ0) is 17.2. The van der Waals surface area contributed by atoms with Crippen LogP contribution in [0.15, 0.2) is 18.2 Å². The van der Waals surface area contributed by atoms with Gasteiger partial charge in [0.15, 0.2) is 0 Å². The van der Waals surface area contributed by atoms with Gasteiger partial charge >= 0.3 is 0 Å². The number of aryl methyl sites for hydroxylation is 1. The normalized spacial score (nSPS) is 23.9. The Kier molecular flexibility index (Phi) is 5.50. The van der Waals surface area contributed by atoms with Crippen LogP contribution in [0.5, 0.6) is 0 Å². The zero-order valence-electron chi connectivity index (χ0n) is 15.7. The van der Waals surface area contributed by atoms with Crippen molar-refractivity contribution in [3.05, 3.63) is 28.0 Å². The summed E-state index contributed by atoms with van der Waals surface area (Å²) in [7, 11) is 0. The van der Waals surface area contributed by atoms with Crippen molar-refractivity contribution >= 4 is 16.9 Å². The van der Waals surface area contributed by atoms with Crippen molar-refractivity contribution in [1.82, 2.24) is 10.2 Å². The number of thiophene rings is 1. The lowest BCUT2D eigenvalue weighted by atomic mass is 9.83. The first-order valence-corrected chi connectivity index (χ1v) is 10.0. The fourth-order valence-corrected chi connectivity index (χ4v) is 5.12. The van der Waals surface area contributed by atoms with Crippen LogP contribution in [0.3, 0.4) is 0 Å². The van der Waals surface area contributed by atoms with E-state index in [-0.39, 0.29) is 11.1 Å². The van der Waals surface area contributed by atoms with Gasteiger partial charge in [0.05, 0.1) is 13.2 Å². The smallest absolute Gasteiger partial charge is 0.0594 e. The number of hydrogen-bond acceptors (Lipinski definition) is 4. The van der Waals surface area contributed by atoms with Crippen molar-refractivity contribution in [3.63, 3.8) is 0 Å². The Morgan fingerprint density at radius 2 is 1.92 bits per heavy atom. The van der Waals surface area contributed by atoms with Crippen LogP contribution in [0.1, 0.15) is 50.3 Å². The number of nitrogens with one attached hydrogen (secondary N) is 1. The lowest BCUT2D eigenvalue weighted by Crippen LogP contribution is -2.53. The molecule has 3 heterocycles. The predicted molar refractivity (Wildman–Crippen MR) is 104 cm³/mol. The first-order chi connectivity index (χ1) is 11.3. The summed E-state index contributed by atoms with van der Waals surface area (Å²) in [4.78, 5) is 5.51. The fraction of sp³-hybridized carbons (Fsp3) is 0.700. The van der Waals surface area contributed by atoms with Crippen LogP contribution in [0, 0.1) is 0 Å². The molecule has 2 aliphatic heterocycles. The van der Waals surface area contributed by atoms with E-state index in [0.717, 1.165) is 32.7 Å². The maximum Gasteiger partial charge on any atom is 0.0594 e. The molecule has 0 aliphatic carbocycles. The van der Waals surface area contributed by atoms with Gasteiger partial charge in [0.1, 0.15) is 0 Å². The van der Waals surface area contributed by atoms with Crippen LogP contribution >= 0.6 is 11.3 Å². The molecule has 24 heavy (non-hydrogen) atoms. The van der Waals surface area contributed by atoms with Gasteiger partial charge in [0, 0.05) is 33.9 Å². The first kappa shape index (κ1) is 18.1. The third-order valence-corrected chi connectivity index (χ3v) is 6.03. The second kappa shape index (κ2) is 7.28. The monoisotopic (exact) mass is 348 g/mol. The highest BCUT2D eigenvalue weighted by Crippen LogP contribution is 2.36. The summed E-state index contributed by atoms with van der Waals surface area (Å²) >= 11 is 1.99.